The number of aryl methyl sites for hydroxylation is 1. The van der Waals surface area contributed by atoms with Crippen LogP contribution in [0.1, 0.15) is 17.8 Å². The van der Waals surface area contributed by atoms with E-state index in [0.29, 0.717) is 31.8 Å². The maximum absolute atomic E-state index is 13.2. The molecule has 27 heavy (non-hydrogen) atoms. The first-order valence-corrected chi connectivity index (χ1v) is 9.11. The normalized spacial score (nSPS) is 23.1. The zero-order valence-electron chi connectivity index (χ0n) is 15.2. The van der Waals surface area contributed by atoms with Crippen LogP contribution in [0.3, 0.4) is 0 Å². The number of aromatic nitrogens is 3. The van der Waals surface area contributed by atoms with Crippen molar-refractivity contribution in [1.82, 2.24) is 15.0 Å². The topological polar surface area (TPSA) is 85.3 Å². The Balaban J connectivity index is 1.68. The van der Waals surface area contributed by atoms with Crippen molar-refractivity contribution >= 4 is 16.9 Å². The monoisotopic (exact) mass is 370 g/mol. The van der Waals surface area contributed by atoms with Gasteiger partial charge >= 0.3 is 0 Å². The number of anilines is 1. The minimum absolute atomic E-state index is 0.167. The minimum atomic E-state index is -0.742. The van der Waals surface area contributed by atoms with Crippen LogP contribution >= 0.6 is 0 Å². The van der Waals surface area contributed by atoms with Crippen LogP contribution in [-0.2, 0) is 6.42 Å². The molecule has 4 rings (SSSR count). The molecule has 1 aromatic carbocycles. The van der Waals surface area contributed by atoms with Crippen LogP contribution < -0.4 is 4.90 Å². The molecular formula is C20H23FN4O2. The Labute approximate surface area is 156 Å². The van der Waals surface area contributed by atoms with Gasteiger partial charge in [-0.15, -0.1) is 0 Å². The molecule has 0 radical (unpaired) electrons. The minimum Gasteiger partial charge on any atom is -0.396 e. The van der Waals surface area contributed by atoms with E-state index in [9.17, 15) is 14.6 Å². The molecule has 1 aliphatic rings. The Bertz CT molecular complexity index is 943. The number of H-pyrrole nitrogens is 1. The van der Waals surface area contributed by atoms with Gasteiger partial charge in [-0.05, 0) is 43.5 Å². The first kappa shape index (κ1) is 17.9. The van der Waals surface area contributed by atoms with Crippen LogP contribution in [0.4, 0.5) is 10.2 Å². The van der Waals surface area contributed by atoms with Gasteiger partial charge in [0.2, 0.25) is 0 Å². The summed E-state index contributed by atoms with van der Waals surface area (Å²) in [5.41, 5.74) is 1.84. The summed E-state index contributed by atoms with van der Waals surface area (Å²) < 4.78 is 13.2. The fourth-order valence-electron chi connectivity index (χ4n) is 3.99. The Morgan fingerprint density at radius 1 is 1.26 bits per heavy atom. The van der Waals surface area contributed by atoms with Crippen LogP contribution in [0.2, 0.25) is 0 Å². The van der Waals surface area contributed by atoms with Crippen molar-refractivity contribution in [3.05, 3.63) is 53.7 Å². The van der Waals surface area contributed by atoms with Gasteiger partial charge in [-0.2, -0.15) is 0 Å². The number of rotatable bonds is 4. The smallest absolute Gasteiger partial charge is 0.156 e. The van der Waals surface area contributed by atoms with E-state index in [2.05, 4.69) is 19.9 Å². The second kappa shape index (κ2) is 6.90. The summed E-state index contributed by atoms with van der Waals surface area (Å²) in [4.78, 5) is 14.3. The number of fused-ring (bicyclic) bond motifs is 1. The molecule has 0 bridgehead atoms. The number of aliphatic hydroxyl groups is 2. The van der Waals surface area contributed by atoms with Gasteiger partial charge in [0.15, 0.2) is 5.82 Å². The van der Waals surface area contributed by atoms with Gasteiger partial charge < -0.3 is 20.1 Å². The van der Waals surface area contributed by atoms with Gasteiger partial charge in [0.05, 0.1) is 18.2 Å². The number of nitrogens with one attached hydrogen (secondary N) is 1. The largest absolute Gasteiger partial charge is 0.396 e. The molecule has 7 heteroatoms. The summed E-state index contributed by atoms with van der Waals surface area (Å²) in [7, 11) is 0. The van der Waals surface area contributed by atoms with Gasteiger partial charge in [-0.25, -0.2) is 14.4 Å². The van der Waals surface area contributed by atoms with E-state index < -0.39 is 11.5 Å². The number of benzene rings is 1. The highest BCUT2D eigenvalue weighted by Gasteiger charge is 2.43. The second-order valence-electron chi connectivity index (χ2n) is 7.38. The Morgan fingerprint density at radius 2 is 2.04 bits per heavy atom. The van der Waals surface area contributed by atoms with Crippen molar-refractivity contribution in [2.75, 3.05) is 24.6 Å². The number of hydrogen-bond acceptors (Lipinski definition) is 5. The lowest BCUT2D eigenvalue weighted by Gasteiger charge is -2.46. The number of aliphatic hydroxyl groups excluding tert-OH is 2. The highest BCUT2D eigenvalue weighted by Crippen LogP contribution is 2.37. The first-order chi connectivity index (χ1) is 13.0. The average molecular weight is 370 g/mol. The SMILES string of the molecule is Cc1nc(N2CC[C@H](O)[C@@](CO)(Cc3ccc(F)cc3)C2)c2[nH]ccc2n1. The molecule has 1 aliphatic heterocycles. The average Bonchev–Trinajstić information content (AvgIpc) is 3.13. The number of piperidine rings is 1. The van der Waals surface area contributed by atoms with Crippen molar-refractivity contribution in [1.29, 1.82) is 0 Å². The third-order valence-corrected chi connectivity index (χ3v) is 5.47. The molecule has 6 nitrogen and oxygen atoms in total. The summed E-state index contributed by atoms with van der Waals surface area (Å²) in [6, 6.07) is 8.13. The lowest BCUT2D eigenvalue weighted by molar-refractivity contribution is -0.0292. The van der Waals surface area contributed by atoms with E-state index in [1.807, 2.05) is 19.2 Å². The van der Waals surface area contributed by atoms with Gasteiger partial charge in [-0.3, -0.25) is 0 Å². The standard InChI is InChI=1S/C20H23FN4O2/c1-13-23-16-6-8-22-18(16)19(24-13)25-9-7-17(27)20(11-25,12-26)10-14-2-4-15(21)5-3-14/h2-6,8,17,22,26-27H,7,9-12H2,1H3/t17-,20-/m0/s1. The molecule has 2 aromatic heterocycles. The van der Waals surface area contributed by atoms with Crippen molar-refractivity contribution in [3.8, 4) is 0 Å². The van der Waals surface area contributed by atoms with Crippen LogP contribution in [0, 0.1) is 18.2 Å². The quantitative estimate of drug-likeness (QED) is 0.656. The van der Waals surface area contributed by atoms with Crippen molar-refractivity contribution in [2.24, 2.45) is 5.41 Å². The van der Waals surface area contributed by atoms with Crippen LogP contribution in [0.5, 0.6) is 0 Å². The Morgan fingerprint density at radius 3 is 2.78 bits per heavy atom. The summed E-state index contributed by atoms with van der Waals surface area (Å²) >= 11 is 0. The highest BCUT2D eigenvalue weighted by molar-refractivity contribution is 5.86. The number of halogens is 1. The third-order valence-electron chi connectivity index (χ3n) is 5.47. The molecule has 0 unspecified atom stereocenters. The van der Waals surface area contributed by atoms with E-state index in [1.54, 1.807) is 12.1 Å². The summed E-state index contributed by atoms with van der Waals surface area (Å²) in [5, 5.41) is 20.9. The van der Waals surface area contributed by atoms with Crippen LogP contribution in [0.15, 0.2) is 36.5 Å². The maximum Gasteiger partial charge on any atom is 0.156 e. The molecule has 1 saturated heterocycles. The van der Waals surface area contributed by atoms with Crippen molar-refractivity contribution < 1.29 is 14.6 Å². The zero-order chi connectivity index (χ0) is 19.0. The van der Waals surface area contributed by atoms with Crippen LogP contribution in [-0.4, -0.2) is 51.0 Å². The third kappa shape index (κ3) is 3.28. The molecule has 3 aromatic rings. The van der Waals surface area contributed by atoms with Crippen molar-refractivity contribution in [2.45, 2.75) is 25.9 Å². The molecule has 0 spiro atoms. The molecule has 3 N–H and O–H groups in total. The van der Waals surface area contributed by atoms with E-state index in [0.717, 1.165) is 22.4 Å². The summed E-state index contributed by atoms with van der Waals surface area (Å²) in [5.74, 6) is 1.16. The molecule has 0 saturated carbocycles. The molecular weight excluding hydrogens is 347 g/mol. The molecule has 2 atom stereocenters. The molecule has 0 aliphatic carbocycles. The molecule has 0 amide bonds. The first-order valence-electron chi connectivity index (χ1n) is 9.11. The van der Waals surface area contributed by atoms with Gasteiger partial charge in [-0.1, -0.05) is 12.1 Å². The lowest BCUT2D eigenvalue weighted by atomic mass is 9.73. The highest BCUT2D eigenvalue weighted by atomic mass is 19.1. The lowest BCUT2D eigenvalue weighted by Crippen LogP contribution is -2.55. The zero-order valence-corrected chi connectivity index (χ0v) is 15.2. The number of aromatic amines is 1. The predicted octanol–water partition coefficient (Wildman–Crippen LogP) is 2.20. The molecule has 142 valence electrons. The van der Waals surface area contributed by atoms with Gasteiger partial charge in [0, 0.05) is 24.7 Å². The fraction of sp³-hybridized carbons (Fsp3) is 0.400. The van der Waals surface area contributed by atoms with Crippen molar-refractivity contribution in [3.63, 3.8) is 0 Å². The predicted molar refractivity (Wildman–Crippen MR) is 101 cm³/mol. The summed E-state index contributed by atoms with van der Waals surface area (Å²) in [6.45, 7) is 2.77. The van der Waals surface area contributed by atoms with E-state index in [1.165, 1.54) is 12.1 Å². The Kier molecular flexibility index (Phi) is 4.57. The molecule has 3 heterocycles. The van der Waals surface area contributed by atoms with Gasteiger partial charge in [0.1, 0.15) is 17.2 Å². The number of nitrogens with zero attached hydrogens (tertiary/aromatic N) is 3. The van der Waals surface area contributed by atoms with E-state index >= 15 is 0 Å². The van der Waals surface area contributed by atoms with E-state index in [-0.39, 0.29) is 12.4 Å². The van der Waals surface area contributed by atoms with E-state index in [4.69, 9.17) is 0 Å². The van der Waals surface area contributed by atoms with Crippen LogP contribution in [0.25, 0.3) is 11.0 Å². The summed E-state index contributed by atoms with van der Waals surface area (Å²) in [6.07, 6.45) is 2.16. The number of hydrogen-bond donors (Lipinski definition) is 3. The molecule has 1 fully saturated rings. The Hall–Kier alpha value is -2.51. The maximum atomic E-state index is 13.2. The second-order valence-corrected chi connectivity index (χ2v) is 7.38. The van der Waals surface area contributed by atoms with Gasteiger partial charge in [0.25, 0.3) is 0 Å². The fourth-order valence-corrected chi connectivity index (χ4v) is 3.99.